The number of halogens is 1. The van der Waals surface area contributed by atoms with Crippen LogP contribution < -0.4 is 10.2 Å². The number of carbonyl (C=O) groups excluding carboxylic acids is 1. The Kier molecular flexibility index (Phi) is 6.87. The number of aliphatic hydroxyl groups is 1. The highest BCUT2D eigenvalue weighted by molar-refractivity contribution is 7.89. The second kappa shape index (κ2) is 9.39. The molecule has 1 aliphatic heterocycles. The van der Waals surface area contributed by atoms with E-state index in [9.17, 15) is 22.7 Å². The minimum atomic E-state index is -4.04. The lowest BCUT2D eigenvalue weighted by Gasteiger charge is -2.35. The van der Waals surface area contributed by atoms with Crippen LogP contribution in [0.4, 0.5) is 9.18 Å². The van der Waals surface area contributed by atoms with Crippen molar-refractivity contribution < 1.29 is 37.4 Å². The van der Waals surface area contributed by atoms with Gasteiger partial charge in [0.15, 0.2) is 6.23 Å². The molecule has 11 heteroatoms. The first-order valence-electron chi connectivity index (χ1n) is 9.07. The first-order valence-corrected chi connectivity index (χ1v) is 10.5. The van der Waals surface area contributed by atoms with Crippen LogP contribution in [0.2, 0.25) is 0 Å². The van der Waals surface area contributed by atoms with Gasteiger partial charge < -0.3 is 14.6 Å². The number of piperidine rings is 1. The number of aliphatic hydroxyl groups excluding tert-OH is 1. The van der Waals surface area contributed by atoms with Crippen LogP contribution in [0.25, 0.3) is 0 Å². The van der Waals surface area contributed by atoms with Crippen LogP contribution >= 0.6 is 0 Å². The molecule has 1 saturated heterocycles. The molecule has 162 valence electrons. The Balaban J connectivity index is 1.71. The van der Waals surface area contributed by atoms with E-state index >= 15 is 0 Å². The summed E-state index contributed by atoms with van der Waals surface area (Å²) in [4.78, 5) is 11.3. The molecule has 0 spiro atoms. The van der Waals surface area contributed by atoms with E-state index in [1.54, 1.807) is 12.1 Å². The van der Waals surface area contributed by atoms with E-state index in [4.69, 9.17) is 14.7 Å². The zero-order chi connectivity index (χ0) is 21.7. The molecule has 1 aliphatic rings. The Morgan fingerprint density at radius 2 is 1.83 bits per heavy atom. The van der Waals surface area contributed by atoms with Gasteiger partial charge in [0.1, 0.15) is 18.2 Å². The van der Waals surface area contributed by atoms with E-state index in [1.165, 1.54) is 41.9 Å². The molecule has 0 saturated carbocycles. The monoisotopic (exact) mass is 440 g/mol. The molecule has 0 radical (unpaired) electrons. The van der Waals surface area contributed by atoms with E-state index in [0.717, 1.165) is 9.87 Å². The van der Waals surface area contributed by atoms with Crippen molar-refractivity contribution in [2.75, 3.05) is 6.54 Å². The number of hydrogen-bond donors (Lipinski definition) is 3. The molecule has 0 bridgehead atoms. The first-order chi connectivity index (χ1) is 14.3. The SMILES string of the molecule is O=C(NO)O[C@@H]1C[C@H](O)CCN1S(=O)(=O)c1ccc(OCc2ccc(F)cc2)cc1. The fourth-order valence-electron chi connectivity index (χ4n) is 3.01. The summed E-state index contributed by atoms with van der Waals surface area (Å²) >= 11 is 0. The van der Waals surface area contributed by atoms with Crippen LogP contribution in [0.3, 0.4) is 0 Å². The van der Waals surface area contributed by atoms with Crippen LogP contribution in [0.15, 0.2) is 53.4 Å². The quantitative estimate of drug-likeness (QED) is 0.463. The largest absolute Gasteiger partial charge is 0.489 e. The highest BCUT2D eigenvalue weighted by Crippen LogP contribution is 2.27. The zero-order valence-corrected chi connectivity index (χ0v) is 16.6. The molecule has 1 amide bonds. The number of carbonyl (C=O) groups is 1. The maximum absolute atomic E-state index is 13.0. The van der Waals surface area contributed by atoms with Gasteiger partial charge in [-0.3, -0.25) is 5.21 Å². The lowest BCUT2D eigenvalue weighted by atomic mass is 10.1. The summed E-state index contributed by atoms with van der Waals surface area (Å²) in [6.07, 6.45) is -3.26. The topological polar surface area (TPSA) is 125 Å². The lowest BCUT2D eigenvalue weighted by Crippen LogP contribution is -2.50. The summed E-state index contributed by atoms with van der Waals surface area (Å²) in [6, 6.07) is 11.5. The molecule has 0 aliphatic carbocycles. The Bertz CT molecular complexity index is 967. The summed E-state index contributed by atoms with van der Waals surface area (Å²) in [5, 5.41) is 18.4. The molecule has 1 heterocycles. The number of sulfonamides is 1. The van der Waals surface area contributed by atoms with Gasteiger partial charge in [-0.05, 0) is 48.4 Å². The van der Waals surface area contributed by atoms with Gasteiger partial charge in [-0.25, -0.2) is 23.1 Å². The third kappa shape index (κ3) is 5.25. The highest BCUT2D eigenvalue weighted by atomic mass is 32.2. The fourth-order valence-corrected chi connectivity index (χ4v) is 4.55. The molecule has 0 unspecified atom stereocenters. The molecular weight excluding hydrogens is 419 g/mol. The van der Waals surface area contributed by atoms with Crippen molar-refractivity contribution >= 4 is 16.1 Å². The van der Waals surface area contributed by atoms with Crippen molar-refractivity contribution in [1.82, 2.24) is 9.79 Å². The van der Waals surface area contributed by atoms with Gasteiger partial charge >= 0.3 is 6.09 Å². The maximum atomic E-state index is 13.0. The maximum Gasteiger partial charge on any atom is 0.432 e. The molecular formula is C19H21FN2O7S. The minimum absolute atomic E-state index is 0.0500. The summed E-state index contributed by atoms with van der Waals surface area (Å²) < 4.78 is 50.3. The second-order valence-electron chi connectivity index (χ2n) is 6.65. The van der Waals surface area contributed by atoms with Gasteiger partial charge in [0.2, 0.25) is 10.0 Å². The molecule has 30 heavy (non-hydrogen) atoms. The summed E-state index contributed by atoms with van der Waals surface area (Å²) in [5.74, 6) is 0.0668. The van der Waals surface area contributed by atoms with Crippen LogP contribution in [-0.2, 0) is 21.4 Å². The van der Waals surface area contributed by atoms with E-state index in [2.05, 4.69) is 0 Å². The second-order valence-corrected chi connectivity index (χ2v) is 8.54. The van der Waals surface area contributed by atoms with Crippen molar-refractivity contribution in [2.24, 2.45) is 0 Å². The number of nitrogens with zero attached hydrogens (tertiary/aromatic N) is 1. The van der Waals surface area contributed by atoms with E-state index in [1.807, 2.05) is 0 Å². The first kappa shape index (κ1) is 22.0. The smallest absolute Gasteiger partial charge is 0.432 e. The van der Waals surface area contributed by atoms with Gasteiger partial charge in [0, 0.05) is 13.0 Å². The van der Waals surface area contributed by atoms with Gasteiger partial charge in [-0.2, -0.15) is 4.31 Å². The van der Waals surface area contributed by atoms with E-state index in [-0.39, 0.29) is 36.7 Å². The van der Waals surface area contributed by atoms with Crippen molar-refractivity contribution in [3.05, 3.63) is 59.9 Å². The Labute approximate surface area is 172 Å². The van der Waals surface area contributed by atoms with E-state index in [0.29, 0.717) is 5.75 Å². The fraction of sp³-hybridized carbons (Fsp3) is 0.316. The summed E-state index contributed by atoms with van der Waals surface area (Å²) in [7, 11) is -4.04. The lowest BCUT2D eigenvalue weighted by molar-refractivity contribution is -0.0444. The number of benzene rings is 2. The van der Waals surface area contributed by atoms with Gasteiger partial charge in [0.25, 0.3) is 0 Å². The van der Waals surface area contributed by atoms with Crippen LogP contribution in [0, 0.1) is 5.82 Å². The number of hydroxylamine groups is 1. The number of rotatable bonds is 6. The number of hydrogen-bond acceptors (Lipinski definition) is 7. The van der Waals surface area contributed by atoms with Crippen LogP contribution in [-0.4, -0.2) is 48.0 Å². The summed E-state index contributed by atoms with van der Waals surface area (Å²) in [5.41, 5.74) is 2.03. The Morgan fingerprint density at radius 3 is 2.47 bits per heavy atom. The molecule has 3 N–H and O–H groups in total. The number of ether oxygens (including phenoxy) is 2. The molecule has 2 atom stereocenters. The number of amides is 1. The van der Waals surface area contributed by atoms with Crippen molar-refractivity contribution in [1.29, 1.82) is 0 Å². The van der Waals surface area contributed by atoms with Gasteiger partial charge in [-0.15, -0.1) is 0 Å². The molecule has 0 aromatic heterocycles. The predicted molar refractivity (Wildman–Crippen MR) is 101 cm³/mol. The van der Waals surface area contributed by atoms with Crippen LogP contribution in [0.1, 0.15) is 18.4 Å². The zero-order valence-electron chi connectivity index (χ0n) is 15.8. The average molecular weight is 440 g/mol. The van der Waals surface area contributed by atoms with Crippen molar-refractivity contribution in [2.45, 2.75) is 36.7 Å². The minimum Gasteiger partial charge on any atom is -0.489 e. The van der Waals surface area contributed by atoms with Crippen LogP contribution in [0.5, 0.6) is 5.75 Å². The highest BCUT2D eigenvalue weighted by Gasteiger charge is 2.38. The Hall–Kier alpha value is -2.73. The van der Waals surface area contributed by atoms with Gasteiger partial charge in [-0.1, -0.05) is 12.1 Å². The van der Waals surface area contributed by atoms with Crippen molar-refractivity contribution in [3.63, 3.8) is 0 Å². The normalized spacial score (nSPS) is 19.8. The van der Waals surface area contributed by atoms with Gasteiger partial charge in [0.05, 0.1) is 11.0 Å². The molecule has 3 rings (SSSR count). The van der Waals surface area contributed by atoms with Crippen molar-refractivity contribution in [3.8, 4) is 5.75 Å². The standard InChI is InChI=1S/C19H21FN2O7S/c20-14-3-1-13(2-4-14)12-28-16-5-7-17(8-6-16)30(26,27)22-10-9-15(23)11-18(22)29-19(24)21-25/h1-8,15,18,23,25H,9-12H2,(H,21,24)/t15-,18-/m1/s1. The number of nitrogens with one attached hydrogen (secondary N) is 1. The summed E-state index contributed by atoms with van der Waals surface area (Å²) in [6.45, 7) is 0.123. The molecule has 2 aromatic carbocycles. The predicted octanol–water partition coefficient (Wildman–Crippen LogP) is 1.99. The molecule has 9 nitrogen and oxygen atoms in total. The van der Waals surface area contributed by atoms with E-state index < -0.39 is 28.4 Å². The molecule has 1 fully saturated rings. The third-order valence-electron chi connectivity index (χ3n) is 4.56. The Morgan fingerprint density at radius 1 is 1.17 bits per heavy atom. The average Bonchev–Trinajstić information content (AvgIpc) is 2.73. The third-order valence-corrected chi connectivity index (χ3v) is 6.46. The molecule has 2 aromatic rings.